The van der Waals surface area contributed by atoms with Gasteiger partial charge in [-0.15, -0.1) is 0 Å². The SMILES string of the molecule is C[C@H]1CC[C@H]2[C@H](C)[C@@H]3CC[C@]4(O)[C@H](C[C@@H]5[C@@H]4C[C@H](O)[C@H]4C[C@@H](O)CC[C@@]45C)[C@@H]3CN2C1. The van der Waals surface area contributed by atoms with E-state index < -0.39 is 5.60 Å². The predicted molar refractivity (Wildman–Crippen MR) is 121 cm³/mol. The number of fused-ring (bicyclic) bond motifs is 8. The van der Waals surface area contributed by atoms with Crippen molar-refractivity contribution >= 4 is 0 Å². The Hall–Kier alpha value is -0.160. The maximum absolute atomic E-state index is 12.3. The molecule has 2 saturated heterocycles. The second-order valence-electron chi connectivity index (χ2n) is 13.3. The van der Waals surface area contributed by atoms with E-state index in [0.29, 0.717) is 17.8 Å². The number of rotatable bonds is 0. The topological polar surface area (TPSA) is 63.9 Å². The summed E-state index contributed by atoms with van der Waals surface area (Å²) in [6.07, 6.45) is 8.78. The van der Waals surface area contributed by atoms with Crippen LogP contribution < -0.4 is 0 Å². The molecule has 0 radical (unpaired) electrons. The molecule has 0 amide bonds. The van der Waals surface area contributed by atoms with E-state index in [9.17, 15) is 15.3 Å². The summed E-state index contributed by atoms with van der Waals surface area (Å²) in [5.41, 5.74) is -0.503. The van der Waals surface area contributed by atoms with Crippen LogP contribution in [0.4, 0.5) is 0 Å². The number of aliphatic hydroxyl groups is 3. The van der Waals surface area contributed by atoms with Crippen molar-refractivity contribution < 1.29 is 15.3 Å². The molecule has 4 aliphatic carbocycles. The van der Waals surface area contributed by atoms with E-state index in [4.69, 9.17) is 0 Å². The summed E-state index contributed by atoms with van der Waals surface area (Å²) >= 11 is 0. The molecule has 6 fully saturated rings. The van der Waals surface area contributed by atoms with Gasteiger partial charge in [0.1, 0.15) is 0 Å². The molecule has 13 atom stereocenters. The Morgan fingerprint density at radius 3 is 2.39 bits per heavy atom. The van der Waals surface area contributed by atoms with Crippen molar-refractivity contribution in [3.8, 4) is 0 Å². The molecule has 176 valence electrons. The fourth-order valence-corrected chi connectivity index (χ4v) is 10.6. The number of hydrogen-bond donors (Lipinski definition) is 3. The Bertz CT molecular complexity index is 713. The average molecular weight is 432 g/mol. The minimum atomic E-state index is -0.579. The Kier molecular flexibility index (Phi) is 4.94. The lowest BCUT2D eigenvalue weighted by molar-refractivity contribution is -0.176. The second-order valence-corrected chi connectivity index (χ2v) is 13.3. The molecule has 2 heterocycles. The third kappa shape index (κ3) is 2.93. The van der Waals surface area contributed by atoms with Crippen LogP contribution in [-0.4, -0.2) is 57.2 Å². The van der Waals surface area contributed by atoms with Crippen LogP contribution in [0.3, 0.4) is 0 Å². The maximum atomic E-state index is 12.3. The van der Waals surface area contributed by atoms with Crippen LogP contribution in [0, 0.1) is 52.8 Å². The van der Waals surface area contributed by atoms with E-state index in [0.717, 1.165) is 62.3 Å². The van der Waals surface area contributed by atoms with Crippen LogP contribution >= 0.6 is 0 Å². The summed E-state index contributed by atoms with van der Waals surface area (Å²) in [6.45, 7) is 9.76. The predicted octanol–water partition coefficient (Wildman–Crippen LogP) is 3.68. The Morgan fingerprint density at radius 2 is 1.58 bits per heavy atom. The third-order valence-corrected chi connectivity index (χ3v) is 12.1. The Morgan fingerprint density at radius 1 is 0.774 bits per heavy atom. The zero-order chi connectivity index (χ0) is 21.7. The van der Waals surface area contributed by atoms with Gasteiger partial charge in [-0.1, -0.05) is 20.8 Å². The third-order valence-electron chi connectivity index (χ3n) is 12.1. The molecule has 6 aliphatic rings. The summed E-state index contributed by atoms with van der Waals surface area (Å²) in [7, 11) is 0. The van der Waals surface area contributed by atoms with Crippen molar-refractivity contribution in [3.05, 3.63) is 0 Å². The zero-order valence-corrected chi connectivity index (χ0v) is 19.9. The molecule has 2 aliphatic heterocycles. The lowest BCUT2D eigenvalue weighted by atomic mass is 9.50. The smallest absolute Gasteiger partial charge is 0.0711 e. The molecule has 0 aromatic heterocycles. The van der Waals surface area contributed by atoms with Gasteiger partial charge < -0.3 is 15.3 Å². The number of nitrogens with zero attached hydrogens (tertiary/aromatic N) is 1. The highest BCUT2D eigenvalue weighted by Crippen LogP contribution is 2.68. The first-order chi connectivity index (χ1) is 14.7. The van der Waals surface area contributed by atoms with Crippen molar-refractivity contribution in [1.82, 2.24) is 4.90 Å². The van der Waals surface area contributed by atoms with Gasteiger partial charge >= 0.3 is 0 Å². The van der Waals surface area contributed by atoms with Crippen LogP contribution in [0.2, 0.25) is 0 Å². The molecule has 6 rings (SSSR count). The maximum Gasteiger partial charge on any atom is 0.0711 e. The van der Waals surface area contributed by atoms with Crippen molar-refractivity contribution in [2.45, 2.75) is 102 Å². The van der Waals surface area contributed by atoms with Gasteiger partial charge in [0.05, 0.1) is 17.8 Å². The molecule has 0 bridgehead atoms. The number of aliphatic hydroxyl groups excluding tert-OH is 2. The van der Waals surface area contributed by atoms with Gasteiger partial charge in [-0.05, 0) is 111 Å². The van der Waals surface area contributed by atoms with Crippen molar-refractivity contribution in [1.29, 1.82) is 0 Å². The minimum Gasteiger partial charge on any atom is -0.393 e. The van der Waals surface area contributed by atoms with Crippen LogP contribution in [0.5, 0.6) is 0 Å². The fourth-order valence-electron chi connectivity index (χ4n) is 10.6. The van der Waals surface area contributed by atoms with Gasteiger partial charge in [-0.3, -0.25) is 4.90 Å². The molecule has 0 aromatic carbocycles. The normalized spacial score (nSPS) is 61.5. The van der Waals surface area contributed by atoms with Gasteiger partial charge in [0.25, 0.3) is 0 Å². The molecular formula is C27H45NO3. The van der Waals surface area contributed by atoms with Crippen LogP contribution in [-0.2, 0) is 0 Å². The first kappa shape index (κ1) is 21.4. The molecule has 0 unspecified atom stereocenters. The number of piperidine rings is 2. The Labute approximate surface area is 188 Å². The molecule has 31 heavy (non-hydrogen) atoms. The fraction of sp³-hybridized carbons (Fsp3) is 1.00. The summed E-state index contributed by atoms with van der Waals surface area (Å²) in [4.78, 5) is 2.81. The highest BCUT2D eigenvalue weighted by molar-refractivity contribution is 5.17. The van der Waals surface area contributed by atoms with E-state index in [1.54, 1.807) is 0 Å². The highest BCUT2D eigenvalue weighted by Gasteiger charge is 2.67. The monoisotopic (exact) mass is 431 g/mol. The number of hydrogen-bond acceptors (Lipinski definition) is 4. The van der Waals surface area contributed by atoms with Gasteiger partial charge in [0, 0.05) is 19.1 Å². The Balaban J connectivity index is 1.32. The van der Waals surface area contributed by atoms with Crippen LogP contribution in [0.25, 0.3) is 0 Å². The van der Waals surface area contributed by atoms with E-state index in [1.807, 2.05) is 0 Å². The standard InChI is InChI=1S/C27H45NO3/c1-15-4-5-24-16(2)18-7-9-27(31)20(19(18)14-28(24)13-15)11-21-22(27)12-25(30)23-10-17(29)6-8-26(21,23)3/h15-25,29-31H,4-14H2,1-3H3/t15-,16+,17-,18-,19+,20+,21+,22-,23+,24-,25-,26+,27-/m0/s1. The summed E-state index contributed by atoms with van der Waals surface area (Å²) in [5, 5.41) is 33.8. The zero-order valence-electron chi connectivity index (χ0n) is 19.9. The van der Waals surface area contributed by atoms with Crippen LogP contribution in [0.1, 0.15) is 78.6 Å². The van der Waals surface area contributed by atoms with Crippen molar-refractivity contribution in [3.63, 3.8) is 0 Å². The largest absolute Gasteiger partial charge is 0.393 e. The van der Waals surface area contributed by atoms with Gasteiger partial charge in [0.2, 0.25) is 0 Å². The summed E-state index contributed by atoms with van der Waals surface area (Å²) < 4.78 is 0. The molecule has 3 N–H and O–H groups in total. The molecule has 0 spiro atoms. The van der Waals surface area contributed by atoms with E-state index in [2.05, 4.69) is 25.7 Å². The molecule has 4 heteroatoms. The van der Waals surface area contributed by atoms with Gasteiger partial charge in [-0.25, -0.2) is 0 Å². The molecule has 0 aromatic rings. The highest BCUT2D eigenvalue weighted by atomic mass is 16.3. The van der Waals surface area contributed by atoms with E-state index in [-0.39, 0.29) is 29.5 Å². The van der Waals surface area contributed by atoms with Gasteiger partial charge in [-0.2, -0.15) is 0 Å². The second kappa shape index (κ2) is 7.17. The van der Waals surface area contributed by atoms with Crippen LogP contribution in [0.15, 0.2) is 0 Å². The van der Waals surface area contributed by atoms with Crippen molar-refractivity contribution in [2.75, 3.05) is 13.1 Å². The van der Waals surface area contributed by atoms with E-state index in [1.165, 1.54) is 32.4 Å². The average Bonchev–Trinajstić information content (AvgIpc) is 3.03. The minimum absolute atomic E-state index is 0.0760. The van der Waals surface area contributed by atoms with E-state index >= 15 is 0 Å². The first-order valence-corrected chi connectivity index (χ1v) is 13.5. The summed E-state index contributed by atoms with van der Waals surface area (Å²) in [5.74, 6) is 4.30. The molecule has 4 nitrogen and oxygen atoms in total. The molecule has 4 saturated carbocycles. The first-order valence-electron chi connectivity index (χ1n) is 13.5. The lowest BCUT2D eigenvalue weighted by Crippen LogP contribution is -2.62. The lowest BCUT2D eigenvalue weighted by Gasteiger charge is -2.59. The quantitative estimate of drug-likeness (QED) is 0.547. The molecular weight excluding hydrogens is 386 g/mol. The van der Waals surface area contributed by atoms with Gasteiger partial charge in [0.15, 0.2) is 0 Å². The summed E-state index contributed by atoms with van der Waals surface area (Å²) in [6, 6.07) is 0.760. The van der Waals surface area contributed by atoms with Crippen molar-refractivity contribution in [2.24, 2.45) is 52.8 Å².